The number of carbonyl (C=O) groups excluding carboxylic acids is 2. The number of nitrogens with one attached hydrogen (secondary N) is 1. The van der Waals surface area contributed by atoms with Crippen LogP contribution in [0.15, 0.2) is 0 Å². The summed E-state index contributed by atoms with van der Waals surface area (Å²) in [5.41, 5.74) is 0. The molecular formula is C20H34N2O4. The molecule has 6 nitrogen and oxygen atoms in total. The van der Waals surface area contributed by atoms with Gasteiger partial charge in [-0.15, -0.1) is 0 Å². The Morgan fingerprint density at radius 2 is 1.65 bits per heavy atom. The SMILES string of the molecule is CCCN(CC(=O)O)C(=O)C1CCC(NC(=O)CC2CCCCC2)CC1. The molecule has 6 heteroatoms. The van der Waals surface area contributed by atoms with Gasteiger partial charge >= 0.3 is 5.97 Å². The molecule has 2 fully saturated rings. The maximum Gasteiger partial charge on any atom is 0.323 e. The minimum absolute atomic E-state index is 0.0405. The molecule has 0 aliphatic heterocycles. The number of hydrogen-bond acceptors (Lipinski definition) is 3. The molecule has 0 heterocycles. The standard InChI is InChI=1S/C20H34N2O4/c1-2-12-22(14-19(24)25)20(26)16-8-10-17(11-9-16)21-18(23)13-15-6-4-3-5-7-15/h15-17H,2-14H2,1H3,(H,21,23)(H,24,25). The summed E-state index contributed by atoms with van der Waals surface area (Å²) in [6.07, 6.45) is 10.6. The van der Waals surface area contributed by atoms with Crippen molar-refractivity contribution in [2.75, 3.05) is 13.1 Å². The molecule has 26 heavy (non-hydrogen) atoms. The number of carboxylic acids is 1. The second-order valence-electron chi connectivity index (χ2n) is 7.98. The first-order valence-corrected chi connectivity index (χ1v) is 10.3. The van der Waals surface area contributed by atoms with Crippen LogP contribution in [-0.4, -0.2) is 46.9 Å². The van der Waals surface area contributed by atoms with Crippen LogP contribution in [0.25, 0.3) is 0 Å². The third-order valence-electron chi connectivity index (χ3n) is 5.77. The smallest absolute Gasteiger partial charge is 0.323 e. The van der Waals surface area contributed by atoms with Gasteiger partial charge < -0.3 is 15.3 Å². The maximum atomic E-state index is 12.6. The topological polar surface area (TPSA) is 86.7 Å². The molecule has 2 aliphatic rings. The second-order valence-corrected chi connectivity index (χ2v) is 7.98. The van der Waals surface area contributed by atoms with Crippen molar-refractivity contribution in [3.63, 3.8) is 0 Å². The Kier molecular flexibility index (Phi) is 8.39. The van der Waals surface area contributed by atoms with E-state index in [9.17, 15) is 14.4 Å². The predicted octanol–water partition coefficient (Wildman–Crippen LogP) is 2.96. The fourth-order valence-corrected chi connectivity index (χ4v) is 4.38. The minimum Gasteiger partial charge on any atom is -0.480 e. The van der Waals surface area contributed by atoms with Crippen LogP contribution in [0, 0.1) is 11.8 Å². The summed E-state index contributed by atoms with van der Waals surface area (Å²) in [6, 6.07) is 0.161. The molecule has 0 radical (unpaired) electrons. The monoisotopic (exact) mass is 366 g/mol. The van der Waals surface area contributed by atoms with E-state index in [1.54, 1.807) is 0 Å². The largest absolute Gasteiger partial charge is 0.480 e. The van der Waals surface area contributed by atoms with E-state index in [1.807, 2.05) is 6.92 Å². The van der Waals surface area contributed by atoms with Gasteiger partial charge in [0.2, 0.25) is 11.8 Å². The van der Waals surface area contributed by atoms with E-state index in [0.717, 1.165) is 32.1 Å². The number of carboxylic acid groups (broad SMARTS) is 1. The van der Waals surface area contributed by atoms with Gasteiger partial charge in [0.25, 0.3) is 0 Å². The van der Waals surface area contributed by atoms with Crippen LogP contribution in [0.4, 0.5) is 0 Å². The molecule has 0 saturated heterocycles. The number of carbonyl (C=O) groups is 3. The van der Waals surface area contributed by atoms with Crippen LogP contribution in [0.2, 0.25) is 0 Å². The molecule has 0 spiro atoms. The van der Waals surface area contributed by atoms with Gasteiger partial charge in [-0.25, -0.2) is 0 Å². The van der Waals surface area contributed by atoms with E-state index in [2.05, 4.69) is 5.32 Å². The average molecular weight is 367 g/mol. The number of rotatable bonds is 8. The van der Waals surface area contributed by atoms with Crippen molar-refractivity contribution in [3.8, 4) is 0 Å². The van der Waals surface area contributed by atoms with Crippen molar-refractivity contribution in [2.45, 2.75) is 83.6 Å². The highest BCUT2D eigenvalue weighted by molar-refractivity contribution is 5.83. The summed E-state index contributed by atoms with van der Waals surface area (Å²) in [5, 5.41) is 12.1. The fraction of sp³-hybridized carbons (Fsp3) is 0.850. The molecule has 0 atom stereocenters. The van der Waals surface area contributed by atoms with Gasteiger partial charge in [0.05, 0.1) is 0 Å². The molecule has 2 N–H and O–H groups in total. The maximum absolute atomic E-state index is 12.6. The summed E-state index contributed by atoms with van der Waals surface area (Å²) < 4.78 is 0. The minimum atomic E-state index is -0.963. The van der Waals surface area contributed by atoms with Gasteiger partial charge in [-0.2, -0.15) is 0 Å². The van der Waals surface area contributed by atoms with Crippen molar-refractivity contribution < 1.29 is 19.5 Å². The van der Waals surface area contributed by atoms with Crippen LogP contribution < -0.4 is 5.32 Å². The Hall–Kier alpha value is -1.59. The van der Waals surface area contributed by atoms with Crippen molar-refractivity contribution >= 4 is 17.8 Å². The lowest BCUT2D eigenvalue weighted by atomic mass is 9.84. The summed E-state index contributed by atoms with van der Waals surface area (Å²) in [4.78, 5) is 37.3. The zero-order chi connectivity index (χ0) is 18.9. The highest BCUT2D eigenvalue weighted by Gasteiger charge is 2.30. The zero-order valence-electron chi connectivity index (χ0n) is 16.0. The van der Waals surface area contributed by atoms with E-state index < -0.39 is 5.97 Å². The molecule has 2 amide bonds. The molecule has 0 aromatic carbocycles. The number of hydrogen-bond donors (Lipinski definition) is 2. The van der Waals surface area contributed by atoms with E-state index in [4.69, 9.17) is 5.11 Å². The van der Waals surface area contributed by atoms with Crippen molar-refractivity contribution in [3.05, 3.63) is 0 Å². The van der Waals surface area contributed by atoms with E-state index in [0.29, 0.717) is 18.9 Å². The van der Waals surface area contributed by atoms with Crippen LogP contribution in [-0.2, 0) is 14.4 Å². The molecule has 2 rings (SSSR count). The lowest BCUT2D eigenvalue weighted by Gasteiger charge is -2.32. The second kappa shape index (κ2) is 10.5. The van der Waals surface area contributed by atoms with Crippen LogP contribution in [0.3, 0.4) is 0 Å². The number of nitrogens with zero attached hydrogens (tertiary/aromatic N) is 1. The lowest BCUT2D eigenvalue weighted by Crippen LogP contribution is -2.44. The van der Waals surface area contributed by atoms with Crippen molar-refractivity contribution in [1.82, 2.24) is 10.2 Å². The van der Waals surface area contributed by atoms with Gasteiger partial charge in [-0.1, -0.05) is 26.2 Å². The van der Waals surface area contributed by atoms with Crippen molar-refractivity contribution in [2.24, 2.45) is 11.8 Å². The molecule has 0 bridgehead atoms. The Bertz CT molecular complexity index is 480. The first-order chi connectivity index (χ1) is 12.5. The van der Waals surface area contributed by atoms with Gasteiger partial charge in [0.1, 0.15) is 6.54 Å². The summed E-state index contributed by atoms with van der Waals surface area (Å²) in [7, 11) is 0. The van der Waals surface area contributed by atoms with E-state index >= 15 is 0 Å². The Morgan fingerprint density at radius 1 is 1.00 bits per heavy atom. The van der Waals surface area contributed by atoms with E-state index in [-0.39, 0.29) is 30.3 Å². The third-order valence-corrected chi connectivity index (χ3v) is 5.77. The lowest BCUT2D eigenvalue weighted by molar-refractivity contribution is -0.147. The molecule has 148 valence electrons. The Balaban J connectivity index is 1.74. The van der Waals surface area contributed by atoms with Crippen LogP contribution >= 0.6 is 0 Å². The summed E-state index contributed by atoms with van der Waals surface area (Å²) in [6.45, 7) is 2.22. The predicted molar refractivity (Wildman–Crippen MR) is 99.6 cm³/mol. The summed E-state index contributed by atoms with van der Waals surface area (Å²) in [5.74, 6) is -0.408. The van der Waals surface area contributed by atoms with Gasteiger partial charge in [0.15, 0.2) is 0 Å². The molecule has 0 aromatic heterocycles. The van der Waals surface area contributed by atoms with Gasteiger partial charge in [0, 0.05) is 24.9 Å². The number of amides is 2. The average Bonchev–Trinajstić information content (AvgIpc) is 2.62. The first-order valence-electron chi connectivity index (χ1n) is 10.3. The molecule has 2 aliphatic carbocycles. The van der Waals surface area contributed by atoms with E-state index in [1.165, 1.54) is 37.0 Å². The highest BCUT2D eigenvalue weighted by atomic mass is 16.4. The zero-order valence-corrected chi connectivity index (χ0v) is 16.0. The fourth-order valence-electron chi connectivity index (χ4n) is 4.38. The number of aliphatic carboxylic acids is 1. The summed E-state index contributed by atoms with van der Waals surface area (Å²) >= 11 is 0. The molecule has 2 saturated carbocycles. The third kappa shape index (κ3) is 6.61. The van der Waals surface area contributed by atoms with Gasteiger partial charge in [-0.3, -0.25) is 14.4 Å². The molecule has 0 unspecified atom stereocenters. The van der Waals surface area contributed by atoms with Crippen LogP contribution in [0.1, 0.15) is 77.6 Å². The van der Waals surface area contributed by atoms with Crippen LogP contribution in [0.5, 0.6) is 0 Å². The van der Waals surface area contributed by atoms with Crippen molar-refractivity contribution in [1.29, 1.82) is 0 Å². The Morgan fingerprint density at radius 3 is 2.23 bits per heavy atom. The molecular weight excluding hydrogens is 332 g/mol. The molecule has 0 aromatic rings. The highest BCUT2D eigenvalue weighted by Crippen LogP contribution is 2.28. The van der Waals surface area contributed by atoms with Gasteiger partial charge in [-0.05, 0) is 50.9 Å². The first kappa shape index (κ1) is 20.7. The normalized spacial score (nSPS) is 24.0. The Labute approximate surface area is 156 Å². The quantitative estimate of drug-likeness (QED) is 0.691.